The smallest absolute Gasteiger partial charge is 0.265 e. The Bertz CT molecular complexity index is 1250. The highest BCUT2D eigenvalue weighted by Gasteiger charge is 2.18. The molecule has 4 aromatic rings. The molecule has 0 aliphatic carbocycles. The molecule has 0 radical (unpaired) electrons. The van der Waals surface area contributed by atoms with E-state index in [9.17, 15) is 9.59 Å². The van der Waals surface area contributed by atoms with Crippen LogP contribution in [0.2, 0.25) is 10.0 Å². The summed E-state index contributed by atoms with van der Waals surface area (Å²) in [4.78, 5) is 26.2. The quantitative estimate of drug-likeness (QED) is 0.369. The summed E-state index contributed by atoms with van der Waals surface area (Å²) in [6.07, 6.45) is 0. The van der Waals surface area contributed by atoms with Gasteiger partial charge in [0.15, 0.2) is 0 Å². The first-order valence-electron chi connectivity index (χ1n) is 8.65. The number of aromatic amines is 1. The van der Waals surface area contributed by atoms with Crippen molar-refractivity contribution in [2.45, 2.75) is 0 Å². The number of carbonyl (C=O) groups is 2. The number of anilines is 2. The Labute approximate surface area is 185 Å². The van der Waals surface area contributed by atoms with Gasteiger partial charge in [0.05, 0.1) is 33.1 Å². The number of ether oxygens (including phenoxy) is 1. The van der Waals surface area contributed by atoms with Gasteiger partial charge in [-0.15, -0.1) is 11.3 Å². The normalized spacial score (nSPS) is 10.8. The lowest BCUT2D eigenvalue weighted by Crippen LogP contribution is -2.12. The number of benzene rings is 2. The largest absolute Gasteiger partial charge is 0.497 e. The number of halogens is 2. The Kier molecular flexibility index (Phi) is 5.63. The second-order valence-corrected chi connectivity index (χ2v) is 8.01. The van der Waals surface area contributed by atoms with Crippen LogP contribution < -0.4 is 15.4 Å². The van der Waals surface area contributed by atoms with Gasteiger partial charge in [-0.1, -0.05) is 35.3 Å². The van der Waals surface area contributed by atoms with E-state index in [2.05, 4.69) is 20.8 Å². The second kappa shape index (κ2) is 8.35. The minimum atomic E-state index is -0.377. The third kappa shape index (κ3) is 3.97. The number of rotatable bonds is 5. The Morgan fingerprint density at radius 3 is 2.50 bits per heavy atom. The van der Waals surface area contributed by atoms with Gasteiger partial charge < -0.3 is 15.4 Å². The van der Waals surface area contributed by atoms with E-state index in [1.807, 2.05) is 0 Å². The van der Waals surface area contributed by atoms with Crippen molar-refractivity contribution in [3.8, 4) is 5.75 Å². The maximum atomic E-state index is 12.7. The van der Waals surface area contributed by atoms with Crippen LogP contribution in [0.5, 0.6) is 5.75 Å². The van der Waals surface area contributed by atoms with Crippen LogP contribution in [-0.2, 0) is 0 Å². The average molecular weight is 461 g/mol. The SMILES string of the molecule is COc1cccc(C(=O)Nc2[nH]nc3sc(C(=O)Nc4c(Cl)cccc4Cl)cc23)c1. The Balaban J connectivity index is 1.56. The molecular weight excluding hydrogens is 447 g/mol. The van der Waals surface area contributed by atoms with E-state index in [1.165, 1.54) is 18.4 Å². The van der Waals surface area contributed by atoms with E-state index < -0.39 is 0 Å². The number of nitrogens with one attached hydrogen (secondary N) is 3. The van der Waals surface area contributed by atoms with Gasteiger partial charge in [-0.3, -0.25) is 14.7 Å². The molecule has 0 saturated carbocycles. The van der Waals surface area contributed by atoms with Crippen molar-refractivity contribution in [1.82, 2.24) is 10.2 Å². The molecule has 0 atom stereocenters. The molecule has 3 N–H and O–H groups in total. The van der Waals surface area contributed by atoms with Crippen LogP contribution in [0.3, 0.4) is 0 Å². The molecule has 7 nitrogen and oxygen atoms in total. The minimum absolute atomic E-state index is 0.334. The molecule has 2 heterocycles. The molecule has 2 aromatic heterocycles. The molecule has 0 aliphatic heterocycles. The molecule has 4 rings (SSSR count). The summed E-state index contributed by atoms with van der Waals surface area (Å²) in [6, 6.07) is 13.4. The number of H-pyrrole nitrogens is 1. The molecule has 2 amide bonds. The molecule has 10 heteroatoms. The number of hydrogen-bond donors (Lipinski definition) is 3. The number of amides is 2. The van der Waals surface area contributed by atoms with E-state index in [4.69, 9.17) is 27.9 Å². The number of thiophene rings is 1. The van der Waals surface area contributed by atoms with Gasteiger partial charge in [0, 0.05) is 5.56 Å². The van der Waals surface area contributed by atoms with Gasteiger partial charge in [0.2, 0.25) is 0 Å². The summed E-state index contributed by atoms with van der Waals surface area (Å²) >= 11 is 13.4. The number of fused-ring (bicyclic) bond motifs is 1. The van der Waals surface area contributed by atoms with E-state index >= 15 is 0 Å². The summed E-state index contributed by atoms with van der Waals surface area (Å²) in [5, 5.41) is 13.7. The minimum Gasteiger partial charge on any atom is -0.497 e. The lowest BCUT2D eigenvalue weighted by molar-refractivity contribution is 0.102. The number of hydrogen-bond acceptors (Lipinski definition) is 5. The highest BCUT2D eigenvalue weighted by molar-refractivity contribution is 7.20. The zero-order valence-corrected chi connectivity index (χ0v) is 17.8. The van der Waals surface area contributed by atoms with Crippen molar-refractivity contribution < 1.29 is 14.3 Å². The van der Waals surface area contributed by atoms with Crippen LogP contribution in [0.4, 0.5) is 11.5 Å². The van der Waals surface area contributed by atoms with Gasteiger partial charge in [0.25, 0.3) is 11.8 Å². The van der Waals surface area contributed by atoms with Crippen LogP contribution in [0, 0.1) is 0 Å². The molecule has 0 aliphatic rings. The van der Waals surface area contributed by atoms with Gasteiger partial charge in [0.1, 0.15) is 16.4 Å². The fourth-order valence-electron chi connectivity index (χ4n) is 2.76. The summed E-state index contributed by atoms with van der Waals surface area (Å²) in [5.74, 6) is 0.256. The standard InChI is InChI=1S/C20H14Cl2N4O3S/c1-29-11-5-2-4-10(8-11)18(27)24-17-12-9-15(30-20(12)26-25-17)19(28)23-16-13(21)6-3-7-14(16)22/h2-9H,1H3,(H,23,28)(H2,24,25,26,27). The predicted octanol–water partition coefficient (Wildman–Crippen LogP) is 5.44. The third-order valence-electron chi connectivity index (χ3n) is 4.25. The molecule has 0 unspecified atom stereocenters. The lowest BCUT2D eigenvalue weighted by Gasteiger charge is -2.07. The molecule has 0 saturated heterocycles. The fraction of sp³-hybridized carbons (Fsp3) is 0.0500. The van der Waals surface area contributed by atoms with Crippen molar-refractivity contribution >= 4 is 68.1 Å². The lowest BCUT2D eigenvalue weighted by atomic mass is 10.2. The van der Waals surface area contributed by atoms with E-state index in [1.54, 1.807) is 48.5 Å². The fourth-order valence-corrected chi connectivity index (χ4v) is 4.14. The van der Waals surface area contributed by atoms with Gasteiger partial charge in [-0.25, -0.2) is 0 Å². The average Bonchev–Trinajstić information content (AvgIpc) is 3.33. The Morgan fingerprint density at radius 1 is 1.03 bits per heavy atom. The number of carbonyl (C=O) groups excluding carboxylic acids is 2. The van der Waals surface area contributed by atoms with Crippen LogP contribution in [-0.4, -0.2) is 29.1 Å². The van der Waals surface area contributed by atoms with Gasteiger partial charge in [-0.2, -0.15) is 5.10 Å². The number of aromatic nitrogens is 2. The summed E-state index contributed by atoms with van der Waals surface area (Å²) in [6.45, 7) is 0. The maximum absolute atomic E-state index is 12.7. The first kappa shape index (κ1) is 20.2. The first-order valence-corrected chi connectivity index (χ1v) is 10.2. The Morgan fingerprint density at radius 2 is 1.77 bits per heavy atom. The second-order valence-electron chi connectivity index (χ2n) is 6.16. The third-order valence-corrected chi connectivity index (χ3v) is 5.90. The van der Waals surface area contributed by atoms with Crippen molar-refractivity contribution in [1.29, 1.82) is 0 Å². The zero-order valence-electron chi connectivity index (χ0n) is 15.5. The summed E-state index contributed by atoms with van der Waals surface area (Å²) < 4.78 is 5.14. The van der Waals surface area contributed by atoms with Crippen molar-refractivity contribution in [3.63, 3.8) is 0 Å². The van der Waals surface area contributed by atoms with Crippen LogP contribution in [0.25, 0.3) is 10.2 Å². The number of para-hydroxylation sites is 1. The topological polar surface area (TPSA) is 96.1 Å². The van der Waals surface area contributed by atoms with Crippen LogP contribution >= 0.6 is 34.5 Å². The zero-order chi connectivity index (χ0) is 21.3. The number of methoxy groups -OCH3 is 1. The summed E-state index contributed by atoms with van der Waals surface area (Å²) in [7, 11) is 1.53. The van der Waals surface area contributed by atoms with E-state index in [0.717, 1.165) is 0 Å². The molecule has 0 bridgehead atoms. The monoisotopic (exact) mass is 460 g/mol. The first-order chi connectivity index (χ1) is 14.5. The molecular formula is C20H14Cl2N4O3S. The Hall–Kier alpha value is -3.07. The van der Waals surface area contributed by atoms with E-state index in [0.29, 0.717) is 48.0 Å². The number of nitrogens with zero attached hydrogens (tertiary/aromatic N) is 1. The van der Waals surface area contributed by atoms with Crippen molar-refractivity contribution in [2.75, 3.05) is 17.7 Å². The van der Waals surface area contributed by atoms with Crippen molar-refractivity contribution in [2.24, 2.45) is 0 Å². The van der Waals surface area contributed by atoms with Crippen molar-refractivity contribution in [3.05, 3.63) is 69.0 Å². The molecule has 0 fully saturated rings. The molecule has 0 spiro atoms. The highest BCUT2D eigenvalue weighted by Crippen LogP contribution is 2.33. The van der Waals surface area contributed by atoms with Gasteiger partial charge in [-0.05, 0) is 36.4 Å². The highest BCUT2D eigenvalue weighted by atomic mass is 35.5. The predicted molar refractivity (Wildman–Crippen MR) is 119 cm³/mol. The van der Waals surface area contributed by atoms with Crippen LogP contribution in [0.15, 0.2) is 48.5 Å². The molecule has 2 aromatic carbocycles. The molecule has 30 heavy (non-hydrogen) atoms. The molecule has 152 valence electrons. The van der Waals surface area contributed by atoms with Crippen LogP contribution in [0.1, 0.15) is 20.0 Å². The van der Waals surface area contributed by atoms with E-state index in [-0.39, 0.29) is 11.8 Å². The summed E-state index contributed by atoms with van der Waals surface area (Å²) in [5.41, 5.74) is 0.767. The maximum Gasteiger partial charge on any atom is 0.265 e. The van der Waals surface area contributed by atoms with Gasteiger partial charge >= 0.3 is 0 Å².